The number of halogens is 2. The Balaban J connectivity index is 2.75. The molecule has 1 aromatic carbocycles. The van der Waals surface area contributed by atoms with Crippen LogP contribution in [0.3, 0.4) is 0 Å². The van der Waals surface area contributed by atoms with Gasteiger partial charge in [0.25, 0.3) is 0 Å². The van der Waals surface area contributed by atoms with Crippen molar-refractivity contribution in [2.45, 2.75) is 13.0 Å². The lowest BCUT2D eigenvalue weighted by Gasteiger charge is -2.09. The lowest BCUT2D eigenvalue weighted by atomic mass is 10.3. The number of hydrogen-bond acceptors (Lipinski definition) is 2. The Morgan fingerprint density at radius 3 is 2.38 bits per heavy atom. The number of ether oxygens (including phenoxy) is 1. The van der Waals surface area contributed by atoms with E-state index in [9.17, 15) is 8.78 Å². The summed E-state index contributed by atoms with van der Waals surface area (Å²) in [5.41, 5.74) is 5.37. The summed E-state index contributed by atoms with van der Waals surface area (Å²) >= 11 is 0. The molecule has 0 unspecified atom stereocenters. The summed E-state index contributed by atoms with van der Waals surface area (Å²) in [6.45, 7) is 1.79. The number of benzene rings is 1. The van der Waals surface area contributed by atoms with Crippen molar-refractivity contribution >= 4 is 0 Å². The van der Waals surface area contributed by atoms with Crippen LogP contribution in [-0.4, -0.2) is 12.6 Å². The van der Waals surface area contributed by atoms with Gasteiger partial charge in [-0.1, -0.05) is 6.07 Å². The van der Waals surface area contributed by atoms with Gasteiger partial charge >= 0.3 is 0 Å². The van der Waals surface area contributed by atoms with Crippen molar-refractivity contribution in [2.24, 2.45) is 5.73 Å². The summed E-state index contributed by atoms with van der Waals surface area (Å²) in [4.78, 5) is 0. The van der Waals surface area contributed by atoms with Crippen molar-refractivity contribution in [1.82, 2.24) is 0 Å². The van der Waals surface area contributed by atoms with E-state index in [1.54, 1.807) is 6.92 Å². The molecule has 72 valence electrons. The van der Waals surface area contributed by atoms with Gasteiger partial charge in [0, 0.05) is 6.04 Å². The molecule has 0 radical (unpaired) electrons. The maximum atomic E-state index is 12.9. The largest absolute Gasteiger partial charge is 0.486 e. The molecule has 1 atom stereocenters. The fraction of sp³-hybridized carbons (Fsp3) is 0.333. The first-order valence-electron chi connectivity index (χ1n) is 3.93. The van der Waals surface area contributed by atoms with Crippen LogP contribution in [0.4, 0.5) is 8.78 Å². The van der Waals surface area contributed by atoms with E-state index in [4.69, 9.17) is 10.5 Å². The van der Waals surface area contributed by atoms with Crippen LogP contribution in [0.2, 0.25) is 0 Å². The van der Waals surface area contributed by atoms with Crippen molar-refractivity contribution < 1.29 is 13.5 Å². The Morgan fingerprint density at radius 2 is 1.92 bits per heavy atom. The molecule has 1 aromatic rings. The fourth-order valence-electron chi connectivity index (χ4n) is 0.835. The molecule has 0 aliphatic carbocycles. The van der Waals surface area contributed by atoms with Crippen LogP contribution < -0.4 is 10.5 Å². The molecule has 0 saturated carbocycles. The second-order valence-corrected chi connectivity index (χ2v) is 2.84. The SMILES string of the molecule is C[C@H](N)COc1c(F)cccc1F. The van der Waals surface area contributed by atoms with E-state index in [0.717, 1.165) is 12.1 Å². The molecule has 13 heavy (non-hydrogen) atoms. The molecule has 4 heteroatoms. The molecule has 1 rings (SSSR count). The number of para-hydroxylation sites is 1. The van der Waals surface area contributed by atoms with Gasteiger partial charge in [-0.3, -0.25) is 0 Å². The van der Waals surface area contributed by atoms with Crippen molar-refractivity contribution in [3.8, 4) is 5.75 Å². The second kappa shape index (κ2) is 4.18. The van der Waals surface area contributed by atoms with Gasteiger partial charge in [0.2, 0.25) is 0 Å². The first-order valence-corrected chi connectivity index (χ1v) is 3.93. The highest BCUT2D eigenvalue weighted by Crippen LogP contribution is 2.20. The van der Waals surface area contributed by atoms with Gasteiger partial charge in [-0.15, -0.1) is 0 Å². The van der Waals surface area contributed by atoms with E-state index in [-0.39, 0.29) is 18.4 Å². The zero-order chi connectivity index (χ0) is 9.84. The minimum absolute atomic E-state index is 0.0951. The van der Waals surface area contributed by atoms with Crippen LogP contribution in [0.1, 0.15) is 6.92 Å². The molecule has 0 aliphatic rings. The molecule has 0 bridgehead atoms. The lowest BCUT2D eigenvalue weighted by Crippen LogP contribution is -2.24. The van der Waals surface area contributed by atoms with Crippen LogP contribution in [-0.2, 0) is 0 Å². The zero-order valence-corrected chi connectivity index (χ0v) is 7.26. The van der Waals surface area contributed by atoms with Crippen molar-refractivity contribution in [2.75, 3.05) is 6.61 Å². The van der Waals surface area contributed by atoms with Crippen LogP contribution in [0.15, 0.2) is 18.2 Å². The average molecular weight is 187 g/mol. The first kappa shape index (κ1) is 9.92. The second-order valence-electron chi connectivity index (χ2n) is 2.84. The monoisotopic (exact) mass is 187 g/mol. The van der Waals surface area contributed by atoms with Crippen molar-refractivity contribution in [1.29, 1.82) is 0 Å². The van der Waals surface area contributed by atoms with E-state index in [2.05, 4.69) is 0 Å². The van der Waals surface area contributed by atoms with Crippen LogP contribution >= 0.6 is 0 Å². The highest BCUT2D eigenvalue weighted by Gasteiger charge is 2.09. The molecule has 2 nitrogen and oxygen atoms in total. The Kier molecular flexibility index (Phi) is 3.19. The summed E-state index contributed by atoms with van der Waals surface area (Å²) in [5, 5.41) is 0. The van der Waals surface area contributed by atoms with E-state index < -0.39 is 11.6 Å². The molecule has 0 fully saturated rings. The third kappa shape index (κ3) is 2.66. The maximum absolute atomic E-state index is 12.9. The van der Waals surface area contributed by atoms with E-state index >= 15 is 0 Å². The van der Waals surface area contributed by atoms with Gasteiger partial charge in [0.1, 0.15) is 6.61 Å². The smallest absolute Gasteiger partial charge is 0.190 e. The molecule has 0 amide bonds. The Morgan fingerprint density at radius 1 is 1.38 bits per heavy atom. The fourth-order valence-corrected chi connectivity index (χ4v) is 0.835. The van der Waals surface area contributed by atoms with Gasteiger partial charge < -0.3 is 10.5 Å². The van der Waals surface area contributed by atoms with E-state index in [0.29, 0.717) is 0 Å². The third-order valence-electron chi connectivity index (χ3n) is 1.41. The number of rotatable bonds is 3. The van der Waals surface area contributed by atoms with E-state index in [1.807, 2.05) is 0 Å². The summed E-state index contributed by atoms with van der Waals surface area (Å²) in [7, 11) is 0. The highest BCUT2D eigenvalue weighted by molar-refractivity contribution is 5.25. The zero-order valence-electron chi connectivity index (χ0n) is 7.26. The molecule has 0 aliphatic heterocycles. The summed E-state index contributed by atoms with van der Waals surface area (Å²) in [6, 6.07) is 3.31. The molecular weight excluding hydrogens is 176 g/mol. The summed E-state index contributed by atoms with van der Waals surface area (Å²) in [6.07, 6.45) is 0. The van der Waals surface area contributed by atoms with Gasteiger partial charge in [-0.25, -0.2) is 8.78 Å². The molecule has 0 spiro atoms. The number of hydrogen-bond donors (Lipinski definition) is 1. The predicted octanol–water partition coefficient (Wildman–Crippen LogP) is 1.69. The molecule has 0 saturated heterocycles. The van der Waals surface area contributed by atoms with Gasteiger partial charge in [-0.2, -0.15) is 0 Å². The van der Waals surface area contributed by atoms with Crippen molar-refractivity contribution in [3.05, 3.63) is 29.8 Å². The summed E-state index contributed by atoms with van der Waals surface area (Å²) < 4.78 is 30.6. The highest BCUT2D eigenvalue weighted by atomic mass is 19.1. The first-order chi connectivity index (χ1) is 6.11. The average Bonchev–Trinajstić information content (AvgIpc) is 2.03. The quantitative estimate of drug-likeness (QED) is 0.781. The lowest BCUT2D eigenvalue weighted by molar-refractivity contribution is 0.268. The minimum atomic E-state index is -0.708. The molecular formula is C9H11F2NO. The van der Waals surface area contributed by atoms with Crippen LogP contribution in [0, 0.1) is 11.6 Å². The maximum Gasteiger partial charge on any atom is 0.190 e. The van der Waals surface area contributed by atoms with Gasteiger partial charge in [-0.05, 0) is 19.1 Å². The Labute approximate surface area is 75.3 Å². The topological polar surface area (TPSA) is 35.2 Å². The molecule has 0 aromatic heterocycles. The molecule has 2 N–H and O–H groups in total. The molecule has 0 heterocycles. The number of nitrogens with two attached hydrogens (primary N) is 1. The standard InChI is InChI=1S/C9H11F2NO/c1-6(12)5-13-9-7(10)3-2-4-8(9)11/h2-4,6H,5,12H2,1H3/t6-/m0/s1. The Bertz CT molecular complexity index is 269. The Hall–Kier alpha value is -1.16. The summed E-state index contributed by atoms with van der Waals surface area (Å²) in [5.74, 6) is -1.78. The van der Waals surface area contributed by atoms with Crippen LogP contribution in [0.25, 0.3) is 0 Å². The van der Waals surface area contributed by atoms with Crippen LogP contribution in [0.5, 0.6) is 5.75 Å². The van der Waals surface area contributed by atoms with Gasteiger partial charge in [0.05, 0.1) is 0 Å². The minimum Gasteiger partial charge on any atom is -0.486 e. The normalized spacial score (nSPS) is 12.6. The predicted molar refractivity (Wildman–Crippen MR) is 45.5 cm³/mol. The third-order valence-corrected chi connectivity index (χ3v) is 1.41. The van der Waals surface area contributed by atoms with E-state index in [1.165, 1.54) is 6.07 Å². The van der Waals surface area contributed by atoms with Crippen molar-refractivity contribution in [3.63, 3.8) is 0 Å². The van der Waals surface area contributed by atoms with Gasteiger partial charge in [0.15, 0.2) is 17.4 Å².